The molecule has 2 fully saturated rings. The third-order valence-electron chi connectivity index (χ3n) is 4.04. The van der Waals surface area contributed by atoms with Gasteiger partial charge in [-0.1, -0.05) is 0 Å². The molecule has 5 heteroatoms. The van der Waals surface area contributed by atoms with Gasteiger partial charge in [-0.3, -0.25) is 0 Å². The first-order valence-corrected chi connectivity index (χ1v) is 6.24. The molecule has 5 nitrogen and oxygen atoms in total. The Morgan fingerprint density at radius 1 is 1.29 bits per heavy atom. The van der Waals surface area contributed by atoms with Gasteiger partial charge in [0.05, 0.1) is 0 Å². The highest BCUT2D eigenvalue weighted by atomic mass is 15.3. The normalized spacial score (nSPS) is 27.5. The zero-order valence-corrected chi connectivity index (χ0v) is 10.4. The van der Waals surface area contributed by atoms with Crippen molar-refractivity contribution in [1.29, 1.82) is 0 Å². The van der Waals surface area contributed by atoms with Crippen LogP contribution in [-0.2, 0) is 0 Å². The minimum absolute atomic E-state index is 0.383. The molecule has 0 amide bonds. The second kappa shape index (κ2) is 3.84. The van der Waals surface area contributed by atoms with Gasteiger partial charge in [-0.15, -0.1) is 0 Å². The number of aryl methyl sites for hydroxylation is 1. The molecular formula is C12H19N5. The first-order valence-electron chi connectivity index (χ1n) is 6.24. The van der Waals surface area contributed by atoms with Crippen molar-refractivity contribution in [2.45, 2.75) is 26.3 Å². The van der Waals surface area contributed by atoms with Crippen LogP contribution in [-0.4, -0.2) is 35.6 Å². The molecule has 0 bridgehead atoms. The van der Waals surface area contributed by atoms with Crippen molar-refractivity contribution in [3.8, 4) is 0 Å². The van der Waals surface area contributed by atoms with Crippen LogP contribution in [0.2, 0.25) is 0 Å². The molecule has 2 unspecified atom stereocenters. The molecule has 2 aliphatic rings. The molecule has 1 aromatic heterocycles. The average Bonchev–Trinajstić information content (AvgIpc) is 2.83. The Kier molecular flexibility index (Phi) is 2.43. The Morgan fingerprint density at radius 3 is 2.88 bits per heavy atom. The SMILES string of the molecule is Cc1nc(N)nc(N2CC3CCNC3C2)c1C. The van der Waals surface area contributed by atoms with Crippen molar-refractivity contribution < 1.29 is 0 Å². The van der Waals surface area contributed by atoms with Gasteiger partial charge in [0.25, 0.3) is 0 Å². The number of fused-ring (bicyclic) bond motifs is 1. The first kappa shape index (κ1) is 10.8. The summed E-state index contributed by atoms with van der Waals surface area (Å²) in [5.41, 5.74) is 7.88. The molecule has 3 N–H and O–H groups in total. The molecule has 0 radical (unpaired) electrons. The third kappa shape index (κ3) is 1.74. The van der Waals surface area contributed by atoms with Gasteiger partial charge in [0, 0.05) is 30.4 Å². The van der Waals surface area contributed by atoms with E-state index < -0.39 is 0 Å². The molecule has 0 aromatic carbocycles. The van der Waals surface area contributed by atoms with Gasteiger partial charge >= 0.3 is 0 Å². The lowest BCUT2D eigenvalue weighted by Gasteiger charge is -2.21. The highest BCUT2D eigenvalue weighted by molar-refractivity contribution is 5.52. The summed E-state index contributed by atoms with van der Waals surface area (Å²) in [6.45, 7) is 7.36. The minimum Gasteiger partial charge on any atom is -0.368 e. The molecule has 0 saturated carbocycles. The maximum atomic E-state index is 5.75. The fraction of sp³-hybridized carbons (Fsp3) is 0.667. The van der Waals surface area contributed by atoms with Gasteiger partial charge in [0.1, 0.15) is 5.82 Å². The second-order valence-corrected chi connectivity index (χ2v) is 5.13. The Morgan fingerprint density at radius 2 is 2.12 bits per heavy atom. The second-order valence-electron chi connectivity index (χ2n) is 5.13. The lowest BCUT2D eigenvalue weighted by molar-refractivity contribution is 0.556. The number of anilines is 2. The molecule has 2 saturated heterocycles. The van der Waals surface area contributed by atoms with E-state index in [9.17, 15) is 0 Å². The van der Waals surface area contributed by atoms with Crippen LogP contribution in [0.15, 0.2) is 0 Å². The molecule has 0 aliphatic carbocycles. The summed E-state index contributed by atoms with van der Waals surface area (Å²) in [7, 11) is 0. The van der Waals surface area contributed by atoms with Gasteiger partial charge in [-0.05, 0) is 32.7 Å². The topological polar surface area (TPSA) is 67.1 Å². The molecule has 3 rings (SSSR count). The Hall–Kier alpha value is -1.36. The van der Waals surface area contributed by atoms with Crippen molar-refractivity contribution in [3.63, 3.8) is 0 Å². The number of hydrogen-bond donors (Lipinski definition) is 2. The number of hydrogen-bond acceptors (Lipinski definition) is 5. The largest absolute Gasteiger partial charge is 0.368 e. The van der Waals surface area contributed by atoms with Crippen molar-refractivity contribution in [3.05, 3.63) is 11.3 Å². The predicted octanol–water partition coefficient (Wildman–Crippen LogP) is 0.474. The number of nitrogens with one attached hydrogen (secondary N) is 1. The summed E-state index contributed by atoms with van der Waals surface area (Å²) in [6.07, 6.45) is 1.28. The molecule has 17 heavy (non-hydrogen) atoms. The molecule has 2 aliphatic heterocycles. The molecule has 0 spiro atoms. The van der Waals surface area contributed by atoms with E-state index in [0.29, 0.717) is 12.0 Å². The molecular weight excluding hydrogens is 214 g/mol. The monoisotopic (exact) mass is 233 g/mol. The Bertz CT molecular complexity index is 433. The summed E-state index contributed by atoms with van der Waals surface area (Å²) in [6, 6.07) is 0.630. The highest BCUT2D eigenvalue weighted by Gasteiger charge is 2.37. The summed E-state index contributed by atoms with van der Waals surface area (Å²) < 4.78 is 0. The van der Waals surface area contributed by atoms with Crippen LogP contribution < -0.4 is 16.0 Å². The van der Waals surface area contributed by atoms with Crippen molar-refractivity contribution in [1.82, 2.24) is 15.3 Å². The van der Waals surface area contributed by atoms with E-state index in [1.807, 2.05) is 6.92 Å². The summed E-state index contributed by atoms with van der Waals surface area (Å²) >= 11 is 0. The average molecular weight is 233 g/mol. The van der Waals surface area contributed by atoms with Crippen molar-refractivity contribution in [2.24, 2.45) is 5.92 Å². The lowest BCUT2D eigenvalue weighted by Crippen LogP contribution is -2.31. The summed E-state index contributed by atoms with van der Waals surface area (Å²) in [5, 5.41) is 3.55. The van der Waals surface area contributed by atoms with E-state index in [2.05, 4.69) is 27.1 Å². The third-order valence-corrected chi connectivity index (χ3v) is 4.04. The first-order chi connectivity index (χ1) is 8.15. The smallest absolute Gasteiger partial charge is 0.222 e. The Labute approximate surface area is 101 Å². The molecule has 2 atom stereocenters. The van der Waals surface area contributed by atoms with Gasteiger partial charge in [-0.2, -0.15) is 4.98 Å². The zero-order valence-electron chi connectivity index (χ0n) is 10.4. The standard InChI is InChI=1S/C12H19N5/c1-7-8(2)15-12(13)16-11(7)17-5-9-3-4-14-10(9)6-17/h9-10,14H,3-6H2,1-2H3,(H2,13,15,16). The van der Waals surface area contributed by atoms with Gasteiger partial charge in [-0.25, -0.2) is 4.98 Å². The number of rotatable bonds is 1. The van der Waals surface area contributed by atoms with E-state index in [4.69, 9.17) is 5.73 Å². The van der Waals surface area contributed by atoms with Crippen LogP contribution in [0.1, 0.15) is 17.7 Å². The molecule has 92 valence electrons. The maximum absolute atomic E-state index is 5.75. The van der Waals surface area contributed by atoms with Crippen LogP contribution in [0.25, 0.3) is 0 Å². The van der Waals surface area contributed by atoms with Crippen LogP contribution >= 0.6 is 0 Å². The van der Waals surface area contributed by atoms with Crippen LogP contribution in [0.4, 0.5) is 11.8 Å². The zero-order chi connectivity index (χ0) is 12.0. The van der Waals surface area contributed by atoms with Crippen LogP contribution in [0.5, 0.6) is 0 Å². The number of aromatic nitrogens is 2. The number of nitrogen functional groups attached to an aromatic ring is 1. The van der Waals surface area contributed by atoms with Crippen LogP contribution in [0.3, 0.4) is 0 Å². The van der Waals surface area contributed by atoms with E-state index >= 15 is 0 Å². The molecule has 1 aromatic rings. The van der Waals surface area contributed by atoms with Crippen molar-refractivity contribution >= 4 is 11.8 Å². The van der Waals surface area contributed by atoms with E-state index in [0.717, 1.165) is 42.6 Å². The fourth-order valence-electron chi connectivity index (χ4n) is 2.96. The lowest BCUT2D eigenvalue weighted by atomic mass is 10.1. The van der Waals surface area contributed by atoms with Gasteiger partial charge in [0.15, 0.2) is 0 Å². The van der Waals surface area contributed by atoms with E-state index in [-0.39, 0.29) is 0 Å². The maximum Gasteiger partial charge on any atom is 0.222 e. The van der Waals surface area contributed by atoms with Gasteiger partial charge < -0.3 is 16.0 Å². The molecule has 3 heterocycles. The summed E-state index contributed by atoms with van der Waals surface area (Å²) in [4.78, 5) is 11.0. The van der Waals surface area contributed by atoms with Crippen LogP contribution in [0, 0.1) is 19.8 Å². The quantitative estimate of drug-likeness (QED) is 0.738. The number of nitrogens with two attached hydrogens (primary N) is 1. The predicted molar refractivity (Wildman–Crippen MR) is 68.0 cm³/mol. The van der Waals surface area contributed by atoms with E-state index in [1.165, 1.54) is 6.42 Å². The minimum atomic E-state index is 0.383. The summed E-state index contributed by atoms with van der Waals surface area (Å²) in [5.74, 6) is 2.17. The number of nitrogens with zero attached hydrogens (tertiary/aromatic N) is 3. The Balaban J connectivity index is 1.90. The van der Waals surface area contributed by atoms with Crippen molar-refractivity contribution in [2.75, 3.05) is 30.3 Å². The van der Waals surface area contributed by atoms with Gasteiger partial charge in [0.2, 0.25) is 5.95 Å². The fourth-order valence-corrected chi connectivity index (χ4v) is 2.96. The van der Waals surface area contributed by atoms with E-state index in [1.54, 1.807) is 0 Å². The highest BCUT2D eigenvalue weighted by Crippen LogP contribution is 2.30.